The average molecular weight is 264 g/mol. The molecule has 0 aliphatic carbocycles. The summed E-state index contributed by atoms with van der Waals surface area (Å²) in [6, 6.07) is 2.21. The highest BCUT2D eigenvalue weighted by molar-refractivity contribution is 7.15. The largest absolute Gasteiger partial charge is 0.314 e. The smallest absolute Gasteiger partial charge is 0.259 e. The van der Waals surface area contributed by atoms with E-state index in [-0.39, 0.29) is 5.56 Å². The van der Waals surface area contributed by atoms with E-state index >= 15 is 0 Å². The Bertz CT molecular complexity index is 629. The van der Waals surface area contributed by atoms with Gasteiger partial charge in [-0.15, -0.1) is 11.3 Å². The van der Waals surface area contributed by atoms with Gasteiger partial charge < -0.3 is 5.32 Å². The van der Waals surface area contributed by atoms with Gasteiger partial charge in [0.1, 0.15) is 0 Å². The Hall–Kier alpha value is -1.24. The number of rotatable bonds is 3. The van der Waals surface area contributed by atoms with E-state index in [1.54, 1.807) is 10.5 Å². The fourth-order valence-corrected chi connectivity index (χ4v) is 3.04. The van der Waals surface area contributed by atoms with E-state index in [1.165, 1.54) is 11.3 Å². The van der Waals surface area contributed by atoms with Crippen LogP contribution in [0.25, 0.3) is 4.96 Å². The second kappa shape index (κ2) is 4.46. The second-order valence-electron chi connectivity index (χ2n) is 4.81. The summed E-state index contributed by atoms with van der Waals surface area (Å²) in [6.45, 7) is 4.71. The standard InChI is InChI=1S/C12H16N4OS/c1-8-7-18-12-14-9(3-11(17)16(8)12)6-15(2)10-4-13-5-10/h3,7,10,13H,4-6H2,1-2H3. The van der Waals surface area contributed by atoms with Crippen LogP contribution in [-0.4, -0.2) is 40.5 Å². The molecule has 1 fully saturated rings. The van der Waals surface area contributed by atoms with Crippen LogP contribution in [0, 0.1) is 6.92 Å². The molecule has 3 heterocycles. The molecule has 0 atom stereocenters. The number of hydrogen-bond donors (Lipinski definition) is 1. The Morgan fingerprint density at radius 3 is 3.06 bits per heavy atom. The topological polar surface area (TPSA) is 49.6 Å². The summed E-state index contributed by atoms with van der Waals surface area (Å²) in [4.78, 5) is 19.6. The van der Waals surface area contributed by atoms with E-state index in [4.69, 9.17) is 0 Å². The molecule has 1 aliphatic heterocycles. The van der Waals surface area contributed by atoms with E-state index in [9.17, 15) is 4.79 Å². The fraction of sp³-hybridized carbons (Fsp3) is 0.500. The summed E-state index contributed by atoms with van der Waals surface area (Å²) in [5.41, 5.74) is 1.83. The van der Waals surface area contributed by atoms with E-state index in [0.717, 1.165) is 36.0 Å². The van der Waals surface area contributed by atoms with Gasteiger partial charge in [-0.05, 0) is 14.0 Å². The molecule has 1 saturated heterocycles. The van der Waals surface area contributed by atoms with Crippen LogP contribution in [0.3, 0.4) is 0 Å². The molecule has 0 bridgehead atoms. The second-order valence-corrected chi connectivity index (χ2v) is 5.64. The minimum Gasteiger partial charge on any atom is -0.314 e. The summed E-state index contributed by atoms with van der Waals surface area (Å²) < 4.78 is 1.67. The SMILES string of the molecule is Cc1csc2nc(CN(C)C3CNC3)cc(=O)n12. The molecule has 18 heavy (non-hydrogen) atoms. The van der Waals surface area contributed by atoms with E-state index in [1.807, 2.05) is 12.3 Å². The van der Waals surface area contributed by atoms with Gasteiger partial charge in [0, 0.05) is 42.8 Å². The molecule has 0 radical (unpaired) electrons. The Labute approximate surface area is 109 Å². The maximum absolute atomic E-state index is 12.0. The van der Waals surface area contributed by atoms with Crippen LogP contribution in [-0.2, 0) is 6.54 Å². The van der Waals surface area contributed by atoms with Gasteiger partial charge in [-0.25, -0.2) is 4.98 Å². The first kappa shape index (κ1) is 11.8. The molecular weight excluding hydrogens is 248 g/mol. The Balaban J connectivity index is 1.90. The van der Waals surface area contributed by atoms with Crippen molar-refractivity contribution in [3.8, 4) is 0 Å². The lowest BCUT2D eigenvalue weighted by Crippen LogP contribution is -2.55. The first-order valence-electron chi connectivity index (χ1n) is 6.03. The van der Waals surface area contributed by atoms with Gasteiger partial charge in [0.15, 0.2) is 4.96 Å². The number of aromatic nitrogens is 2. The van der Waals surface area contributed by atoms with Crippen molar-refractivity contribution in [2.24, 2.45) is 0 Å². The molecule has 3 rings (SSSR count). The number of likely N-dealkylation sites (N-methyl/N-ethyl adjacent to an activating group) is 1. The normalized spacial score (nSPS) is 16.4. The predicted octanol–water partition coefficient (Wildman–Crippen LogP) is 0.468. The molecule has 0 spiro atoms. The number of nitrogens with one attached hydrogen (secondary N) is 1. The molecule has 1 aliphatic rings. The molecule has 96 valence electrons. The first-order chi connectivity index (χ1) is 8.65. The highest BCUT2D eigenvalue weighted by Gasteiger charge is 2.21. The van der Waals surface area contributed by atoms with Gasteiger partial charge in [-0.3, -0.25) is 14.1 Å². The lowest BCUT2D eigenvalue weighted by Gasteiger charge is -2.35. The third-order valence-electron chi connectivity index (χ3n) is 3.42. The minimum absolute atomic E-state index is 0.0221. The van der Waals surface area contributed by atoms with Crippen molar-refractivity contribution < 1.29 is 0 Å². The number of thiazole rings is 1. The van der Waals surface area contributed by atoms with Crippen molar-refractivity contribution in [2.45, 2.75) is 19.5 Å². The third-order valence-corrected chi connectivity index (χ3v) is 4.37. The van der Waals surface area contributed by atoms with Crippen molar-refractivity contribution in [1.82, 2.24) is 19.6 Å². The molecule has 2 aromatic heterocycles. The quantitative estimate of drug-likeness (QED) is 0.875. The molecule has 5 nitrogen and oxygen atoms in total. The molecule has 1 N–H and O–H groups in total. The lowest BCUT2D eigenvalue weighted by atomic mass is 10.1. The van der Waals surface area contributed by atoms with E-state index in [0.29, 0.717) is 6.04 Å². The molecular formula is C12H16N4OS. The molecule has 0 saturated carbocycles. The molecule has 0 aromatic carbocycles. The summed E-state index contributed by atoms with van der Waals surface area (Å²) in [5, 5.41) is 5.21. The minimum atomic E-state index is 0.0221. The molecule has 0 unspecified atom stereocenters. The highest BCUT2D eigenvalue weighted by atomic mass is 32.1. The molecule has 0 amide bonds. The summed E-state index contributed by atoms with van der Waals surface area (Å²) >= 11 is 1.52. The van der Waals surface area contributed by atoms with Crippen LogP contribution < -0.4 is 10.9 Å². The van der Waals surface area contributed by atoms with Crippen molar-refractivity contribution in [1.29, 1.82) is 0 Å². The van der Waals surface area contributed by atoms with Crippen molar-refractivity contribution in [3.63, 3.8) is 0 Å². The highest BCUT2D eigenvalue weighted by Crippen LogP contribution is 2.13. The van der Waals surface area contributed by atoms with Gasteiger partial charge in [0.2, 0.25) is 0 Å². The predicted molar refractivity (Wildman–Crippen MR) is 72.2 cm³/mol. The number of fused-ring (bicyclic) bond motifs is 1. The van der Waals surface area contributed by atoms with Gasteiger partial charge in [-0.2, -0.15) is 0 Å². The summed E-state index contributed by atoms with van der Waals surface area (Å²) in [6.07, 6.45) is 0. The summed E-state index contributed by atoms with van der Waals surface area (Å²) in [5.74, 6) is 0. The molecule has 6 heteroatoms. The zero-order valence-electron chi connectivity index (χ0n) is 10.5. The maximum atomic E-state index is 12.0. The van der Waals surface area contributed by atoms with Crippen LogP contribution in [0.4, 0.5) is 0 Å². The van der Waals surface area contributed by atoms with Gasteiger partial charge >= 0.3 is 0 Å². The van der Waals surface area contributed by atoms with Crippen LogP contribution in [0.2, 0.25) is 0 Å². The zero-order chi connectivity index (χ0) is 12.7. The monoisotopic (exact) mass is 264 g/mol. The van der Waals surface area contributed by atoms with Crippen molar-refractivity contribution in [3.05, 3.63) is 33.2 Å². The third kappa shape index (κ3) is 1.96. The maximum Gasteiger partial charge on any atom is 0.259 e. The number of aryl methyl sites for hydroxylation is 1. The van der Waals surface area contributed by atoms with E-state index < -0.39 is 0 Å². The zero-order valence-corrected chi connectivity index (χ0v) is 11.3. The Kier molecular flexibility index (Phi) is 2.93. The number of nitrogens with zero attached hydrogens (tertiary/aromatic N) is 3. The van der Waals surface area contributed by atoms with Crippen LogP contribution in [0.1, 0.15) is 11.4 Å². The van der Waals surface area contributed by atoms with E-state index in [2.05, 4.69) is 22.2 Å². The van der Waals surface area contributed by atoms with Crippen LogP contribution >= 0.6 is 11.3 Å². The molecule has 2 aromatic rings. The number of hydrogen-bond acceptors (Lipinski definition) is 5. The Morgan fingerprint density at radius 1 is 1.61 bits per heavy atom. The van der Waals surface area contributed by atoms with Crippen molar-refractivity contribution >= 4 is 16.3 Å². The van der Waals surface area contributed by atoms with Gasteiger partial charge in [-0.1, -0.05) is 0 Å². The van der Waals surface area contributed by atoms with Crippen LogP contribution in [0.5, 0.6) is 0 Å². The van der Waals surface area contributed by atoms with Crippen molar-refractivity contribution in [2.75, 3.05) is 20.1 Å². The average Bonchev–Trinajstić information content (AvgIpc) is 2.57. The lowest BCUT2D eigenvalue weighted by molar-refractivity contribution is 0.171. The fourth-order valence-electron chi connectivity index (χ4n) is 2.15. The Morgan fingerprint density at radius 2 is 2.39 bits per heavy atom. The van der Waals surface area contributed by atoms with Gasteiger partial charge in [0.05, 0.1) is 5.69 Å². The van der Waals surface area contributed by atoms with Crippen LogP contribution in [0.15, 0.2) is 16.2 Å². The first-order valence-corrected chi connectivity index (χ1v) is 6.91. The van der Waals surface area contributed by atoms with Gasteiger partial charge in [0.25, 0.3) is 5.56 Å². The summed E-state index contributed by atoms with van der Waals surface area (Å²) in [7, 11) is 2.08.